The number of carbonyl (C=O) groups is 2. The van der Waals surface area contributed by atoms with Crippen molar-refractivity contribution in [2.45, 2.75) is 17.8 Å². The van der Waals surface area contributed by atoms with E-state index in [4.69, 9.17) is 39.5 Å². The molecule has 1 heterocycles. The number of benzene rings is 1. The number of halogens is 3. The average molecular weight is 337 g/mol. The van der Waals surface area contributed by atoms with Crippen molar-refractivity contribution in [2.75, 3.05) is 13.7 Å². The summed E-state index contributed by atoms with van der Waals surface area (Å²) in [5.74, 6) is -0.836. The van der Waals surface area contributed by atoms with Gasteiger partial charge in [0.2, 0.25) is 0 Å². The first-order valence-electron chi connectivity index (χ1n) is 5.92. The van der Waals surface area contributed by atoms with Crippen LogP contribution in [0.4, 0.5) is 0 Å². The number of likely N-dealkylation sites (tertiary alicyclic amines) is 1. The predicted octanol–water partition coefficient (Wildman–Crippen LogP) is 2.99. The van der Waals surface area contributed by atoms with E-state index in [-0.39, 0.29) is 28.4 Å². The normalized spacial score (nSPS) is 21.9. The molecule has 1 saturated heterocycles. The lowest BCUT2D eigenvalue weighted by Crippen LogP contribution is -2.41. The van der Waals surface area contributed by atoms with Crippen LogP contribution in [0.25, 0.3) is 0 Å². The van der Waals surface area contributed by atoms with E-state index in [0.29, 0.717) is 11.4 Å². The Kier molecular flexibility index (Phi) is 4.78. The lowest BCUT2D eigenvalue weighted by molar-refractivity contribution is -0.145. The number of rotatable bonds is 2. The Morgan fingerprint density at radius 2 is 2.05 bits per heavy atom. The van der Waals surface area contributed by atoms with Gasteiger partial charge in [-0.05, 0) is 24.6 Å². The number of alkyl halides is 1. The summed E-state index contributed by atoms with van der Waals surface area (Å²) in [4.78, 5) is 25.6. The quantitative estimate of drug-likeness (QED) is 0.616. The molecule has 2 unspecified atom stereocenters. The van der Waals surface area contributed by atoms with Crippen LogP contribution in [-0.2, 0) is 9.53 Å². The highest BCUT2D eigenvalue weighted by Gasteiger charge is 2.40. The van der Waals surface area contributed by atoms with Gasteiger partial charge < -0.3 is 9.64 Å². The maximum atomic E-state index is 12.5. The maximum absolute atomic E-state index is 12.5. The molecule has 2 rings (SSSR count). The van der Waals surface area contributed by atoms with Crippen LogP contribution in [0.2, 0.25) is 10.0 Å². The Bertz CT molecular complexity index is 550. The minimum atomic E-state index is -0.679. The molecule has 0 bridgehead atoms. The molecular weight excluding hydrogens is 325 g/mol. The summed E-state index contributed by atoms with van der Waals surface area (Å²) in [6.07, 6.45) is 0.366. The fourth-order valence-corrected chi connectivity index (χ4v) is 2.99. The highest BCUT2D eigenvalue weighted by atomic mass is 35.5. The number of amides is 1. The van der Waals surface area contributed by atoms with Gasteiger partial charge in [0, 0.05) is 11.6 Å². The summed E-state index contributed by atoms with van der Waals surface area (Å²) < 4.78 is 4.70. The zero-order valence-electron chi connectivity index (χ0n) is 10.6. The van der Waals surface area contributed by atoms with Crippen LogP contribution in [0.1, 0.15) is 16.8 Å². The van der Waals surface area contributed by atoms with Gasteiger partial charge in [0.15, 0.2) is 0 Å². The first-order valence-corrected chi connectivity index (χ1v) is 7.11. The Hall–Kier alpha value is -0.970. The van der Waals surface area contributed by atoms with Crippen LogP contribution in [0.3, 0.4) is 0 Å². The van der Waals surface area contributed by atoms with Gasteiger partial charge in [0.1, 0.15) is 6.04 Å². The molecule has 1 aromatic carbocycles. The minimum absolute atomic E-state index is 0.240. The number of ether oxygens (including phenoxy) is 1. The third-order valence-corrected chi connectivity index (χ3v) is 4.01. The minimum Gasteiger partial charge on any atom is -0.467 e. The predicted molar refractivity (Wildman–Crippen MR) is 77.6 cm³/mol. The number of nitrogens with zero attached hydrogens (tertiary/aromatic N) is 1. The smallest absolute Gasteiger partial charge is 0.328 e. The molecule has 4 nitrogen and oxygen atoms in total. The molecule has 1 fully saturated rings. The molecule has 0 spiro atoms. The summed E-state index contributed by atoms with van der Waals surface area (Å²) in [6, 6.07) is 3.91. The number of hydrogen-bond donors (Lipinski definition) is 0. The number of methoxy groups -OCH3 is 1. The van der Waals surface area contributed by atoms with Gasteiger partial charge >= 0.3 is 5.97 Å². The lowest BCUT2D eigenvalue weighted by Gasteiger charge is -2.23. The molecule has 0 aliphatic carbocycles. The molecule has 108 valence electrons. The zero-order valence-corrected chi connectivity index (χ0v) is 12.9. The molecule has 2 atom stereocenters. The van der Waals surface area contributed by atoms with Gasteiger partial charge in [-0.15, -0.1) is 11.6 Å². The fourth-order valence-electron chi connectivity index (χ4n) is 2.19. The molecule has 0 aromatic heterocycles. The van der Waals surface area contributed by atoms with Gasteiger partial charge in [0.05, 0.1) is 23.1 Å². The van der Waals surface area contributed by atoms with E-state index in [0.717, 1.165) is 0 Å². The van der Waals surface area contributed by atoms with Crippen LogP contribution < -0.4 is 0 Å². The lowest BCUT2D eigenvalue weighted by atomic mass is 10.1. The Morgan fingerprint density at radius 3 is 2.65 bits per heavy atom. The second-order valence-electron chi connectivity index (χ2n) is 4.45. The summed E-state index contributed by atoms with van der Waals surface area (Å²) >= 11 is 17.9. The Balaban J connectivity index is 2.29. The third kappa shape index (κ3) is 3.03. The number of carbonyl (C=O) groups excluding carboxylic acids is 2. The van der Waals surface area contributed by atoms with Crippen molar-refractivity contribution in [3.05, 3.63) is 33.8 Å². The summed E-state index contributed by atoms with van der Waals surface area (Å²) in [7, 11) is 1.28. The van der Waals surface area contributed by atoms with Gasteiger partial charge in [0.25, 0.3) is 5.91 Å². The van der Waals surface area contributed by atoms with Crippen molar-refractivity contribution in [3.8, 4) is 0 Å². The molecule has 1 aromatic rings. The average Bonchev–Trinajstić information content (AvgIpc) is 2.79. The third-order valence-electron chi connectivity index (χ3n) is 3.15. The topological polar surface area (TPSA) is 46.6 Å². The van der Waals surface area contributed by atoms with Gasteiger partial charge in [-0.1, -0.05) is 23.2 Å². The summed E-state index contributed by atoms with van der Waals surface area (Å²) in [6.45, 7) is 0.277. The van der Waals surface area contributed by atoms with Crippen LogP contribution in [0.5, 0.6) is 0 Å². The van der Waals surface area contributed by atoms with E-state index in [1.54, 1.807) is 6.07 Å². The number of esters is 1. The molecule has 0 radical (unpaired) electrons. The standard InChI is InChI=1S/C13H12Cl3NO3/c1-20-13(19)11-5-8(15)6-17(11)12(18)9-3-2-7(14)4-10(9)16/h2-4,8,11H,5-6H2,1H3. The molecule has 0 N–H and O–H groups in total. The zero-order chi connectivity index (χ0) is 14.9. The first kappa shape index (κ1) is 15.4. The fraction of sp³-hybridized carbons (Fsp3) is 0.385. The molecule has 7 heteroatoms. The summed E-state index contributed by atoms with van der Waals surface area (Å²) in [5.41, 5.74) is 0.288. The SMILES string of the molecule is COC(=O)C1CC(Cl)CN1C(=O)c1ccc(Cl)cc1Cl. The van der Waals surface area contributed by atoms with Gasteiger partial charge in [-0.2, -0.15) is 0 Å². The Labute approximate surface area is 131 Å². The van der Waals surface area contributed by atoms with E-state index in [1.807, 2.05) is 0 Å². The van der Waals surface area contributed by atoms with E-state index < -0.39 is 12.0 Å². The highest BCUT2D eigenvalue weighted by Crippen LogP contribution is 2.28. The van der Waals surface area contributed by atoms with Crippen LogP contribution in [0.15, 0.2) is 18.2 Å². The molecule has 1 aliphatic rings. The van der Waals surface area contributed by atoms with E-state index in [2.05, 4.69) is 0 Å². The number of hydrogen-bond acceptors (Lipinski definition) is 3. The van der Waals surface area contributed by atoms with E-state index >= 15 is 0 Å². The van der Waals surface area contributed by atoms with Crippen LogP contribution in [-0.4, -0.2) is 41.8 Å². The van der Waals surface area contributed by atoms with Crippen molar-refractivity contribution in [2.24, 2.45) is 0 Å². The second-order valence-corrected chi connectivity index (χ2v) is 5.91. The summed E-state index contributed by atoms with van der Waals surface area (Å²) in [5, 5.41) is 0.394. The largest absolute Gasteiger partial charge is 0.467 e. The molecular formula is C13H12Cl3NO3. The molecule has 20 heavy (non-hydrogen) atoms. The van der Waals surface area contributed by atoms with Gasteiger partial charge in [-0.3, -0.25) is 4.79 Å². The maximum Gasteiger partial charge on any atom is 0.328 e. The molecule has 1 amide bonds. The van der Waals surface area contributed by atoms with E-state index in [1.165, 1.54) is 24.1 Å². The van der Waals surface area contributed by atoms with Crippen LogP contribution >= 0.6 is 34.8 Å². The first-order chi connectivity index (χ1) is 9.43. The van der Waals surface area contributed by atoms with Gasteiger partial charge in [-0.25, -0.2) is 4.79 Å². The van der Waals surface area contributed by atoms with Crippen molar-refractivity contribution in [3.63, 3.8) is 0 Å². The Morgan fingerprint density at radius 1 is 1.35 bits per heavy atom. The van der Waals surface area contributed by atoms with Crippen molar-refractivity contribution in [1.82, 2.24) is 4.90 Å². The van der Waals surface area contributed by atoms with E-state index in [9.17, 15) is 9.59 Å². The van der Waals surface area contributed by atoms with Crippen molar-refractivity contribution >= 4 is 46.7 Å². The monoisotopic (exact) mass is 335 g/mol. The second kappa shape index (κ2) is 6.20. The van der Waals surface area contributed by atoms with Crippen molar-refractivity contribution in [1.29, 1.82) is 0 Å². The van der Waals surface area contributed by atoms with Crippen LogP contribution in [0, 0.1) is 0 Å². The molecule has 0 saturated carbocycles. The highest BCUT2D eigenvalue weighted by molar-refractivity contribution is 6.36. The molecule has 1 aliphatic heterocycles. The van der Waals surface area contributed by atoms with Crippen molar-refractivity contribution < 1.29 is 14.3 Å².